The van der Waals surface area contributed by atoms with Gasteiger partial charge >= 0.3 is 6.03 Å². The van der Waals surface area contributed by atoms with Gasteiger partial charge in [0, 0.05) is 53.5 Å². The first-order chi connectivity index (χ1) is 33.7. The van der Waals surface area contributed by atoms with Crippen molar-refractivity contribution in [2.24, 2.45) is 11.5 Å². The van der Waals surface area contributed by atoms with E-state index in [-0.39, 0.29) is 32.2 Å². The number of nitrogens with one attached hydrogen (secondary N) is 8. The monoisotopic (exact) mass is 957 g/mol. The lowest BCUT2D eigenvalue weighted by molar-refractivity contribution is -0.134. The van der Waals surface area contributed by atoms with Gasteiger partial charge in [-0.05, 0) is 81.4 Å². The molecule has 6 atom stereocenters. The van der Waals surface area contributed by atoms with Crippen LogP contribution in [-0.2, 0) is 48.0 Å². The van der Waals surface area contributed by atoms with Gasteiger partial charge in [-0.1, -0.05) is 85.5 Å². The van der Waals surface area contributed by atoms with Crippen molar-refractivity contribution in [1.82, 2.24) is 51.9 Å². The minimum Gasteiger partial charge on any atom is -0.368 e. The molecule has 3 aromatic carbocycles. The van der Waals surface area contributed by atoms with E-state index in [0.717, 1.165) is 38.8 Å². The molecular formula is C51H64N12O7. The Morgan fingerprint density at radius 2 is 1.24 bits per heavy atom. The number of amides is 8. The van der Waals surface area contributed by atoms with Crippen LogP contribution in [0.15, 0.2) is 91.3 Å². The molecule has 2 aromatic heterocycles. The predicted octanol–water partition coefficient (Wildman–Crippen LogP) is 1.78. The summed E-state index contributed by atoms with van der Waals surface area (Å²) in [5.74, 6) is 1.81. The number of benzene rings is 3. The van der Waals surface area contributed by atoms with E-state index in [1.54, 1.807) is 24.5 Å². The molecule has 0 radical (unpaired) electrons. The summed E-state index contributed by atoms with van der Waals surface area (Å²) < 4.78 is 0. The van der Waals surface area contributed by atoms with Gasteiger partial charge in [-0.15, -0.1) is 0 Å². The van der Waals surface area contributed by atoms with Gasteiger partial charge in [0.1, 0.15) is 36.8 Å². The molecule has 0 saturated carbocycles. The smallest absolute Gasteiger partial charge is 0.337 e. The largest absolute Gasteiger partial charge is 0.368 e. The Morgan fingerprint density at radius 1 is 0.700 bits per heavy atom. The van der Waals surface area contributed by atoms with Crippen molar-refractivity contribution in [2.75, 3.05) is 26.2 Å². The number of aromatic amines is 2. The number of hydrogen-bond acceptors (Lipinski definition) is 9. The summed E-state index contributed by atoms with van der Waals surface area (Å²) in [5, 5.41) is 16.5. The van der Waals surface area contributed by atoms with Gasteiger partial charge in [0.2, 0.25) is 29.5 Å². The van der Waals surface area contributed by atoms with Crippen LogP contribution < -0.4 is 43.5 Å². The van der Waals surface area contributed by atoms with Gasteiger partial charge in [0.05, 0.1) is 12.6 Å². The highest BCUT2D eigenvalue weighted by molar-refractivity contribution is 5.97. The highest BCUT2D eigenvalue weighted by Gasteiger charge is 2.33. The van der Waals surface area contributed by atoms with Crippen molar-refractivity contribution < 1.29 is 33.6 Å². The molecule has 3 heterocycles. The highest BCUT2D eigenvalue weighted by atomic mass is 16.2. The van der Waals surface area contributed by atoms with Crippen LogP contribution in [0, 0.1) is 11.8 Å². The van der Waals surface area contributed by atoms with E-state index in [2.05, 4.69) is 58.7 Å². The van der Waals surface area contributed by atoms with Crippen LogP contribution in [0.4, 0.5) is 4.79 Å². The number of para-hydroxylation sites is 2. The summed E-state index contributed by atoms with van der Waals surface area (Å²) in [5.41, 5.74) is 17.9. The Hall–Kier alpha value is -7.69. The molecule has 0 unspecified atom stereocenters. The quantitative estimate of drug-likeness (QED) is 0.0863. The second kappa shape index (κ2) is 25.1. The molecule has 12 N–H and O–H groups in total. The summed E-state index contributed by atoms with van der Waals surface area (Å²) in [4.78, 5) is 106. The number of carbonyl (C=O) groups is 7. The number of primary amides is 1. The molecule has 8 amide bonds. The summed E-state index contributed by atoms with van der Waals surface area (Å²) >= 11 is 0. The first-order valence-electron chi connectivity index (χ1n) is 23.7. The van der Waals surface area contributed by atoms with Gasteiger partial charge in [0.15, 0.2) is 0 Å². The van der Waals surface area contributed by atoms with E-state index in [4.69, 9.17) is 11.5 Å². The molecule has 19 heteroatoms. The molecule has 0 fully saturated rings. The van der Waals surface area contributed by atoms with Gasteiger partial charge in [-0.3, -0.25) is 39.1 Å². The van der Waals surface area contributed by atoms with Crippen molar-refractivity contribution >= 4 is 63.3 Å². The standard InChI is InChI=1S/C51H64N12O7/c1-4-23-62-24-13-12-22-41(45(53)64)57-49(68)42(27-34-16-6-5-7-17-34)59-50(69)43(28-35-30-54-39-20-10-8-18-37(35)39)58-47(66)33(3)56-48(67)44(29-36-31-55-40-21-11-9-19-38(36)40)60-51(70)63(26-15-14-25-62)61-46(65)32(2)52/h5-11,16-21,30-33,41-44,54-55H,4,12-13,22-29,52H2,1-3H3,(H2,53,64)(H,56,67)(H,57,68)(H,58,66)(H,59,69)(H,60,70)(H,61,65)/t32-,33-,41-,42+,43-,44+/m0/s1. The van der Waals surface area contributed by atoms with Crippen LogP contribution in [0.2, 0.25) is 0 Å². The number of carbonyl (C=O) groups excluding carboxylic acids is 7. The minimum atomic E-state index is -1.30. The second-order valence-electron chi connectivity index (χ2n) is 17.6. The molecule has 70 heavy (non-hydrogen) atoms. The van der Waals surface area contributed by atoms with Crippen molar-refractivity contribution in [2.45, 2.75) is 102 Å². The number of hydrazine groups is 1. The van der Waals surface area contributed by atoms with Crippen LogP contribution in [0.25, 0.3) is 21.8 Å². The Balaban J connectivity index is 1.35. The van der Waals surface area contributed by atoms with Crippen LogP contribution in [0.3, 0.4) is 0 Å². The van der Waals surface area contributed by atoms with Crippen molar-refractivity contribution in [1.29, 1.82) is 0 Å². The fourth-order valence-electron chi connectivity index (χ4n) is 8.22. The lowest BCUT2D eigenvalue weighted by Crippen LogP contribution is -2.60. The fraction of sp³-hybridized carbons (Fsp3) is 0.392. The number of fused-ring (bicyclic) bond motifs is 2. The molecule has 19 nitrogen and oxygen atoms in total. The van der Waals surface area contributed by atoms with Crippen molar-refractivity contribution in [3.05, 3.63) is 108 Å². The molecule has 0 spiro atoms. The Labute approximate surface area is 407 Å². The number of nitrogens with two attached hydrogens (primary N) is 2. The van der Waals surface area contributed by atoms with Crippen molar-refractivity contribution in [3.8, 4) is 11.8 Å². The van der Waals surface area contributed by atoms with Gasteiger partial charge < -0.3 is 48.0 Å². The third kappa shape index (κ3) is 14.4. The lowest BCUT2D eigenvalue weighted by atomic mass is 10.0. The molecule has 0 bridgehead atoms. The first kappa shape index (κ1) is 51.7. The molecule has 1 aliphatic heterocycles. The maximum atomic E-state index is 14.6. The topological polar surface area (TPSA) is 282 Å². The molecule has 5 aromatic rings. The molecule has 1 aliphatic rings. The Bertz CT molecular complexity index is 2690. The zero-order valence-electron chi connectivity index (χ0n) is 39.8. The normalized spacial score (nSPS) is 21.4. The fourth-order valence-corrected chi connectivity index (χ4v) is 8.22. The van der Waals surface area contributed by atoms with Crippen molar-refractivity contribution in [3.63, 3.8) is 0 Å². The summed E-state index contributed by atoms with van der Waals surface area (Å²) in [6.45, 7) is 6.25. The van der Waals surface area contributed by atoms with Crippen LogP contribution in [-0.4, -0.2) is 124 Å². The SMILES string of the molecule is CCCN1CC#CCN(NC(=O)[C@H](C)N)C(=O)N[C@H](Cc2c[nH]c3ccccc23)C(=O)N[C@@H](C)C(=O)N[C@@H](Cc2c[nH]c3ccccc23)C(=O)N[C@H](Cc2ccccc2)C(=O)N[C@H](C(N)=O)CCCC1. The van der Waals surface area contributed by atoms with E-state index >= 15 is 0 Å². The highest BCUT2D eigenvalue weighted by Crippen LogP contribution is 2.21. The number of hydrogen-bond donors (Lipinski definition) is 10. The maximum Gasteiger partial charge on any atom is 0.337 e. The van der Waals surface area contributed by atoms with E-state index in [0.29, 0.717) is 43.6 Å². The third-order valence-electron chi connectivity index (χ3n) is 12.1. The van der Waals surface area contributed by atoms with Crippen LogP contribution in [0.1, 0.15) is 63.1 Å². The predicted molar refractivity (Wildman–Crippen MR) is 266 cm³/mol. The van der Waals surface area contributed by atoms with Gasteiger partial charge in [-0.2, -0.15) is 0 Å². The molecular weight excluding hydrogens is 893 g/mol. The summed E-state index contributed by atoms with van der Waals surface area (Å²) in [6.07, 6.45) is 5.64. The molecule has 0 aliphatic carbocycles. The first-order valence-corrected chi connectivity index (χ1v) is 23.7. The second-order valence-corrected chi connectivity index (χ2v) is 17.6. The third-order valence-corrected chi connectivity index (χ3v) is 12.1. The average Bonchev–Trinajstić information content (AvgIpc) is 3.95. The van der Waals surface area contributed by atoms with E-state index < -0.39 is 77.7 Å². The average molecular weight is 957 g/mol. The van der Waals surface area contributed by atoms with Crippen LogP contribution >= 0.6 is 0 Å². The number of urea groups is 1. The minimum absolute atomic E-state index is 0.0218. The van der Waals surface area contributed by atoms with Gasteiger partial charge in [0.25, 0.3) is 5.91 Å². The number of nitrogens with zero attached hydrogens (tertiary/aromatic N) is 2. The Morgan fingerprint density at radius 3 is 1.86 bits per heavy atom. The number of rotatable bonds is 11. The summed E-state index contributed by atoms with van der Waals surface area (Å²) in [6, 6.07) is 16.0. The van der Waals surface area contributed by atoms with E-state index in [1.807, 2.05) is 73.7 Å². The lowest BCUT2D eigenvalue weighted by Gasteiger charge is -2.27. The molecule has 0 saturated heterocycles. The number of aromatic nitrogens is 2. The van der Waals surface area contributed by atoms with Gasteiger partial charge in [-0.25, -0.2) is 9.80 Å². The summed E-state index contributed by atoms with van der Waals surface area (Å²) in [7, 11) is 0. The Kier molecular flexibility index (Phi) is 18.5. The molecule has 6 rings (SSSR count). The molecule has 370 valence electrons. The van der Waals surface area contributed by atoms with E-state index in [1.165, 1.54) is 13.8 Å². The van der Waals surface area contributed by atoms with Crippen LogP contribution in [0.5, 0.6) is 0 Å². The zero-order valence-corrected chi connectivity index (χ0v) is 39.8. The zero-order chi connectivity index (χ0) is 50.2. The van der Waals surface area contributed by atoms with E-state index in [9.17, 15) is 33.6 Å². The number of H-pyrrole nitrogens is 2. The maximum absolute atomic E-state index is 14.6.